The molecule has 2 heterocycles. The number of aldehydes is 1. The Labute approximate surface area is 260 Å². The van der Waals surface area contributed by atoms with E-state index in [1.807, 2.05) is 0 Å². The minimum atomic E-state index is -1.76. The zero-order valence-electron chi connectivity index (χ0n) is 25.7. The number of aliphatic hydroxyl groups is 4. The van der Waals surface area contributed by atoms with Crippen LogP contribution in [0.5, 0.6) is 0 Å². The summed E-state index contributed by atoms with van der Waals surface area (Å²) in [6.07, 6.45) is -9.17. The maximum Gasteiger partial charge on any atom is 0.270 e. The number of unbranched alkanes of at least 4 members (excludes halogenated alkanes) is 3. The van der Waals surface area contributed by atoms with Gasteiger partial charge in [0.25, 0.3) is 5.91 Å². The Balaban J connectivity index is 1.90. The predicted octanol–water partition coefficient (Wildman–Crippen LogP) is -3.82. The second-order valence-electron chi connectivity index (χ2n) is 10.9. The maximum atomic E-state index is 13.0. The lowest BCUT2D eigenvalue weighted by Crippen LogP contribution is -2.68. The normalized spacial score (nSPS) is 31.4. The molecule has 0 aromatic heterocycles. The van der Waals surface area contributed by atoms with E-state index < -0.39 is 85.5 Å². The lowest BCUT2D eigenvalue weighted by molar-refractivity contribution is -0.325. The van der Waals surface area contributed by atoms with Crippen molar-refractivity contribution in [3.05, 3.63) is 0 Å². The van der Waals surface area contributed by atoms with Crippen LogP contribution in [0.1, 0.15) is 58.8 Å². The topological polar surface area (TPSA) is 263 Å². The zero-order valence-corrected chi connectivity index (χ0v) is 25.7. The van der Waals surface area contributed by atoms with Gasteiger partial charge in [0.1, 0.15) is 42.9 Å². The first-order valence-corrected chi connectivity index (χ1v) is 14.9. The van der Waals surface area contributed by atoms with Crippen LogP contribution in [0, 0.1) is 0 Å². The van der Waals surface area contributed by atoms with E-state index >= 15 is 0 Å². The highest BCUT2D eigenvalue weighted by Gasteiger charge is 2.52. The van der Waals surface area contributed by atoms with Gasteiger partial charge in [-0.3, -0.25) is 35.5 Å². The fraction of sp³-hybridized carbons (Fsp3) is 0.815. The van der Waals surface area contributed by atoms with E-state index in [1.54, 1.807) is 6.92 Å². The number of carbonyl (C=O) groups is 5. The van der Waals surface area contributed by atoms with Gasteiger partial charge in [-0.15, -0.1) is 0 Å². The third kappa shape index (κ3) is 11.8. The summed E-state index contributed by atoms with van der Waals surface area (Å²) in [5, 5.41) is 44.4. The summed E-state index contributed by atoms with van der Waals surface area (Å²) in [5.41, 5.74) is 9.69. The molecule has 0 saturated carbocycles. The maximum absolute atomic E-state index is 13.0. The van der Waals surface area contributed by atoms with E-state index in [4.69, 9.17) is 18.9 Å². The average Bonchev–Trinajstić information content (AvgIpc) is 3.00. The van der Waals surface area contributed by atoms with Gasteiger partial charge in [-0.2, -0.15) is 0 Å². The molecule has 18 nitrogen and oxygen atoms in total. The molecule has 2 rings (SSSR count). The highest BCUT2D eigenvalue weighted by atomic mass is 16.7. The summed E-state index contributed by atoms with van der Waals surface area (Å²) in [7, 11) is 1.17. The van der Waals surface area contributed by atoms with Crippen molar-refractivity contribution >= 4 is 29.9 Å². The quantitative estimate of drug-likeness (QED) is 0.0416. The number of amides is 4. The second-order valence-corrected chi connectivity index (χ2v) is 10.9. The van der Waals surface area contributed by atoms with Crippen molar-refractivity contribution in [3.8, 4) is 0 Å². The minimum Gasteiger partial charge on any atom is -0.394 e. The van der Waals surface area contributed by atoms with Gasteiger partial charge in [-0.1, -0.05) is 0 Å². The second kappa shape index (κ2) is 19.6. The molecule has 2 fully saturated rings. The van der Waals surface area contributed by atoms with Gasteiger partial charge in [-0.05, 0) is 32.6 Å². The third-order valence-electron chi connectivity index (χ3n) is 7.37. The fourth-order valence-electron chi connectivity index (χ4n) is 4.96. The first-order chi connectivity index (χ1) is 21.4. The van der Waals surface area contributed by atoms with Crippen LogP contribution in [0.4, 0.5) is 0 Å². The molecule has 10 atom stereocenters. The van der Waals surface area contributed by atoms with Crippen LogP contribution in [0.15, 0.2) is 0 Å². The fourth-order valence-corrected chi connectivity index (χ4v) is 4.96. The molecule has 0 spiro atoms. The van der Waals surface area contributed by atoms with Crippen molar-refractivity contribution in [1.29, 1.82) is 0 Å². The Morgan fingerprint density at radius 3 is 2.13 bits per heavy atom. The number of hydrazine groups is 2. The summed E-state index contributed by atoms with van der Waals surface area (Å²) in [4.78, 5) is 59.2. The largest absolute Gasteiger partial charge is 0.394 e. The Morgan fingerprint density at radius 2 is 1.53 bits per heavy atom. The number of hydrogen-bond acceptors (Lipinski definition) is 14. The molecule has 0 bridgehead atoms. The van der Waals surface area contributed by atoms with Gasteiger partial charge in [-0.25, -0.2) is 5.43 Å². The Bertz CT molecular complexity index is 975. The monoisotopic (exact) mass is 649 g/mol. The number of rotatable bonds is 17. The van der Waals surface area contributed by atoms with Crippen LogP contribution in [0.25, 0.3) is 0 Å². The molecule has 0 aliphatic carbocycles. The van der Waals surface area contributed by atoms with Gasteiger partial charge in [0, 0.05) is 39.8 Å². The molecule has 18 heteroatoms. The molecule has 0 radical (unpaired) electrons. The molecular weight excluding hydrogens is 602 g/mol. The summed E-state index contributed by atoms with van der Waals surface area (Å²) in [5.74, 6) is -2.24. The SMILES string of the molecule is CO[C@@H]1C(C(=O)NNC(=O)CCCCC(=O)NNCCCCC=O)O[C@@H](O[C@H]2C(O)C(CO)O[C@@H](C)C2NC(C)=O)C(O)[C@H]1O. The van der Waals surface area contributed by atoms with Gasteiger partial charge in [0.05, 0.1) is 18.8 Å². The van der Waals surface area contributed by atoms with Crippen LogP contribution < -0.4 is 27.0 Å². The van der Waals surface area contributed by atoms with Crippen molar-refractivity contribution in [2.75, 3.05) is 20.3 Å². The molecule has 0 aromatic carbocycles. The molecule has 5 unspecified atom stereocenters. The Hall–Kier alpha value is -2.81. The Morgan fingerprint density at radius 1 is 0.867 bits per heavy atom. The minimum absolute atomic E-state index is 0.0185. The Kier molecular flexibility index (Phi) is 16.8. The molecule has 258 valence electrons. The first kappa shape index (κ1) is 38.4. The molecule has 4 amide bonds. The van der Waals surface area contributed by atoms with Crippen molar-refractivity contribution < 1.29 is 63.3 Å². The van der Waals surface area contributed by atoms with Crippen LogP contribution in [0.3, 0.4) is 0 Å². The smallest absolute Gasteiger partial charge is 0.270 e. The van der Waals surface area contributed by atoms with E-state index in [2.05, 4.69) is 27.0 Å². The van der Waals surface area contributed by atoms with E-state index in [0.29, 0.717) is 25.8 Å². The average molecular weight is 650 g/mol. The van der Waals surface area contributed by atoms with Crippen molar-refractivity contribution in [3.63, 3.8) is 0 Å². The first-order valence-electron chi connectivity index (χ1n) is 14.9. The molecule has 9 N–H and O–H groups in total. The van der Waals surface area contributed by atoms with Gasteiger partial charge >= 0.3 is 0 Å². The summed E-state index contributed by atoms with van der Waals surface area (Å²) < 4.78 is 22.2. The van der Waals surface area contributed by atoms with E-state index in [1.165, 1.54) is 14.0 Å². The summed E-state index contributed by atoms with van der Waals surface area (Å²) >= 11 is 0. The molecule has 2 aliphatic rings. The van der Waals surface area contributed by atoms with Crippen molar-refractivity contribution in [1.82, 2.24) is 27.0 Å². The van der Waals surface area contributed by atoms with E-state index in [-0.39, 0.29) is 18.7 Å². The van der Waals surface area contributed by atoms with Gasteiger partial charge < -0.3 is 49.5 Å². The van der Waals surface area contributed by atoms with Crippen LogP contribution in [-0.2, 0) is 42.9 Å². The number of methoxy groups -OCH3 is 1. The number of aliphatic hydroxyl groups excluding tert-OH is 4. The van der Waals surface area contributed by atoms with Crippen LogP contribution in [0.2, 0.25) is 0 Å². The van der Waals surface area contributed by atoms with E-state index in [0.717, 1.165) is 19.1 Å². The summed E-state index contributed by atoms with van der Waals surface area (Å²) in [6, 6.07) is -0.957. The van der Waals surface area contributed by atoms with Crippen LogP contribution in [-0.4, -0.2) is 132 Å². The summed E-state index contributed by atoms with van der Waals surface area (Å²) in [6.45, 7) is 2.75. The number of ether oxygens (including phenoxy) is 4. The van der Waals surface area contributed by atoms with Crippen LogP contribution >= 0.6 is 0 Å². The van der Waals surface area contributed by atoms with Gasteiger partial charge in [0.15, 0.2) is 12.4 Å². The number of nitrogens with one attached hydrogen (secondary N) is 5. The highest BCUT2D eigenvalue weighted by molar-refractivity contribution is 5.85. The highest BCUT2D eigenvalue weighted by Crippen LogP contribution is 2.30. The number of carbonyl (C=O) groups excluding carboxylic acids is 5. The number of hydrogen-bond donors (Lipinski definition) is 9. The third-order valence-corrected chi connectivity index (χ3v) is 7.37. The zero-order chi connectivity index (χ0) is 33.5. The van der Waals surface area contributed by atoms with Gasteiger partial charge in [0.2, 0.25) is 17.7 Å². The van der Waals surface area contributed by atoms with Crippen molar-refractivity contribution in [2.45, 2.75) is 120 Å². The predicted molar refractivity (Wildman–Crippen MR) is 152 cm³/mol. The lowest BCUT2D eigenvalue weighted by Gasteiger charge is -2.47. The molecule has 2 saturated heterocycles. The van der Waals surface area contributed by atoms with E-state index in [9.17, 15) is 44.4 Å². The lowest BCUT2D eigenvalue weighted by atomic mass is 9.92. The molecule has 2 aliphatic heterocycles. The molecule has 0 aromatic rings. The standard InChI is InChI=1S/C27H47N5O13/c1-14-19(29-15(2)35)23(20(38)16(13-34)43-14)44-27-22(40)21(39)24(42-3)25(45-27)26(41)32-31-18(37)10-6-5-9-17(36)30-28-11-7-4-8-12-33/h12,14,16,19-25,27-28,34,38-40H,4-11,13H2,1-3H3,(H,29,35)(H,30,36)(H,31,37)(H,32,41)/t14-,16?,19?,20?,21+,22?,23+,24-,25?,27+/m0/s1. The molecule has 45 heavy (non-hydrogen) atoms. The van der Waals surface area contributed by atoms with Crippen molar-refractivity contribution in [2.24, 2.45) is 0 Å². The molecular formula is C27H47N5O13.